The van der Waals surface area contributed by atoms with Crippen LogP contribution in [0.4, 0.5) is 48.3 Å². The molecule has 1 saturated carbocycles. The van der Waals surface area contributed by atoms with Crippen molar-refractivity contribution in [3.8, 4) is 0 Å². The van der Waals surface area contributed by atoms with Crippen LogP contribution in [-0.4, -0.2) is 23.9 Å². The number of halogens is 11. The molecule has 0 N–H and O–H groups in total. The molecule has 1 aliphatic rings. The van der Waals surface area contributed by atoms with E-state index >= 15 is 0 Å². The fourth-order valence-corrected chi connectivity index (χ4v) is 3.75. The van der Waals surface area contributed by atoms with Gasteiger partial charge >= 0.3 is 23.9 Å². The molecule has 2 aromatic carbocycles. The quantitative estimate of drug-likeness (QED) is 0.394. The lowest BCUT2D eigenvalue weighted by atomic mass is 9.72. The third-order valence-electron chi connectivity index (χ3n) is 5.52. The third-order valence-corrected chi connectivity index (χ3v) is 5.52. The van der Waals surface area contributed by atoms with Gasteiger partial charge in [0.1, 0.15) is 11.6 Å². The van der Waals surface area contributed by atoms with Crippen LogP contribution in [0.25, 0.3) is 0 Å². The largest absolute Gasteiger partial charge is 0.460 e. The molecular weight excluding hydrogens is 449 g/mol. The van der Waals surface area contributed by atoms with Crippen LogP contribution in [0, 0.1) is 17.0 Å². The molecule has 0 nitrogen and oxygen atoms in total. The topological polar surface area (TPSA) is 0 Å². The predicted octanol–water partition coefficient (Wildman–Crippen LogP) is 7.35. The van der Waals surface area contributed by atoms with Crippen molar-refractivity contribution in [3.05, 3.63) is 71.3 Å². The Morgan fingerprint density at radius 1 is 0.581 bits per heavy atom. The van der Waals surface area contributed by atoms with Crippen LogP contribution < -0.4 is 0 Å². The van der Waals surface area contributed by atoms with Crippen molar-refractivity contribution in [1.82, 2.24) is 0 Å². The maximum Gasteiger partial charge on any atom is 0.460 e. The lowest BCUT2D eigenvalue weighted by Crippen LogP contribution is -2.64. The Kier molecular flexibility index (Phi) is 5.34. The monoisotopic (exact) mass is 462 g/mol. The molecule has 170 valence electrons. The second-order valence-electron chi connectivity index (χ2n) is 7.41. The van der Waals surface area contributed by atoms with Crippen molar-refractivity contribution in [3.63, 3.8) is 0 Å². The Balaban J connectivity index is 2.18. The van der Waals surface area contributed by atoms with Crippen LogP contribution in [0.5, 0.6) is 0 Å². The van der Waals surface area contributed by atoms with Crippen molar-refractivity contribution in [1.29, 1.82) is 0 Å². The molecule has 2 aromatic rings. The molecule has 1 aliphatic carbocycles. The lowest BCUT2D eigenvalue weighted by molar-refractivity contribution is -0.406. The van der Waals surface area contributed by atoms with Gasteiger partial charge in [0.15, 0.2) is 0 Å². The SMILES string of the molecule is Fc1ccc(C(c2ccc(F)cc2)C2(C(F)(F)C(F)(F)C(F)(F)C(F)(F)F)CC2)cc1. The molecule has 1 fully saturated rings. The van der Waals surface area contributed by atoms with Crippen LogP contribution in [0.2, 0.25) is 0 Å². The van der Waals surface area contributed by atoms with Crippen LogP contribution in [-0.2, 0) is 0 Å². The van der Waals surface area contributed by atoms with Gasteiger partial charge in [-0.05, 0) is 48.2 Å². The summed E-state index contributed by atoms with van der Waals surface area (Å²) in [6.07, 6.45) is -8.57. The fraction of sp³-hybridized carbons (Fsp3) is 0.400. The minimum absolute atomic E-state index is 0.226. The normalized spacial score (nSPS) is 17.2. The van der Waals surface area contributed by atoms with E-state index in [-0.39, 0.29) is 11.1 Å². The highest BCUT2D eigenvalue weighted by molar-refractivity contribution is 5.40. The van der Waals surface area contributed by atoms with E-state index in [0.29, 0.717) is 0 Å². The molecule has 0 aromatic heterocycles. The van der Waals surface area contributed by atoms with Gasteiger partial charge in [-0.25, -0.2) is 8.78 Å². The van der Waals surface area contributed by atoms with Crippen LogP contribution in [0.3, 0.4) is 0 Å². The Hall–Kier alpha value is -2.33. The molecular formula is C20H13F11. The summed E-state index contributed by atoms with van der Waals surface area (Å²) in [6, 6.07) is 6.90. The van der Waals surface area contributed by atoms with Crippen LogP contribution in [0.15, 0.2) is 48.5 Å². The van der Waals surface area contributed by atoms with E-state index in [2.05, 4.69) is 0 Å². The van der Waals surface area contributed by atoms with Crippen LogP contribution in [0.1, 0.15) is 29.9 Å². The summed E-state index contributed by atoms with van der Waals surface area (Å²) in [5.41, 5.74) is -3.49. The summed E-state index contributed by atoms with van der Waals surface area (Å²) < 4.78 is 150. The molecule has 0 amide bonds. The maximum absolute atomic E-state index is 15.0. The first-order valence-corrected chi connectivity index (χ1v) is 8.79. The third kappa shape index (κ3) is 3.45. The Morgan fingerprint density at radius 2 is 0.935 bits per heavy atom. The number of alkyl halides is 9. The van der Waals surface area contributed by atoms with E-state index in [4.69, 9.17) is 0 Å². The zero-order chi connectivity index (χ0) is 23.5. The Morgan fingerprint density at radius 3 is 1.23 bits per heavy atom. The smallest absolute Gasteiger partial charge is 0.207 e. The molecule has 0 saturated heterocycles. The minimum atomic E-state index is -7.02. The van der Waals surface area contributed by atoms with Crippen molar-refractivity contribution < 1.29 is 48.3 Å². The molecule has 0 atom stereocenters. The highest BCUT2D eigenvalue weighted by Crippen LogP contribution is 2.72. The summed E-state index contributed by atoms with van der Waals surface area (Å²) in [5.74, 6) is -23.1. The number of rotatable bonds is 6. The van der Waals surface area contributed by atoms with Gasteiger partial charge in [0.2, 0.25) is 0 Å². The first-order chi connectivity index (χ1) is 14.1. The minimum Gasteiger partial charge on any atom is -0.207 e. The average Bonchev–Trinajstić information content (AvgIpc) is 3.46. The van der Waals surface area contributed by atoms with Gasteiger partial charge in [0, 0.05) is 5.92 Å². The molecule has 0 aliphatic heterocycles. The van der Waals surface area contributed by atoms with Crippen molar-refractivity contribution in [2.45, 2.75) is 42.7 Å². The van der Waals surface area contributed by atoms with Crippen molar-refractivity contribution in [2.75, 3.05) is 0 Å². The van der Waals surface area contributed by atoms with E-state index in [1.54, 1.807) is 0 Å². The first-order valence-electron chi connectivity index (χ1n) is 8.79. The summed E-state index contributed by atoms with van der Waals surface area (Å²) in [5, 5.41) is 0. The molecule has 0 bridgehead atoms. The Bertz CT molecular complexity index is 878. The van der Waals surface area contributed by atoms with E-state index in [9.17, 15) is 48.3 Å². The van der Waals surface area contributed by atoms with E-state index in [1.807, 2.05) is 0 Å². The zero-order valence-electron chi connectivity index (χ0n) is 15.3. The lowest BCUT2D eigenvalue weighted by Gasteiger charge is -2.41. The van der Waals surface area contributed by atoms with Gasteiger partial charge in [0.05, 0.1) is 5.41 Å². The highest BCUT2D eigenvalue weighted by Gasteiger charge is 2.87. The molecule has 0 unspecified atom stereocenters. The average molecular weight is 462 g/mol. The second-order valence-corrected chi connectivity index (χ2v) is 7.41. The molecule has 3 rings (SSSR count). The number of hydrogen-bond donors (Lipinski definition) is 0. The predicted molar refractivity (Wildman–Crippen MR) is 87.2 cm³/mol. The zero-order valence-corrected chi connectivity index (χ0v) is 15.3. The van der Waals surface area contributed by atoms with Gasteiger partial charge in [-0.3, -0.25) is 0 Å². The van der Waals surface area contributed by atoms with Crippen molar-refractivity contribution >= 4 is 0 Å². The summed E-state index contributed by atoms with van der Waals surface area (Å²) in [7, 11) is 0. The van der Waals surface area contributed by atoms with E-state index < -0.39 is 59.8 Å². The number of hydrogen-bond acceptors (Lipinski definition) is 0. The second kappa shape index (κ2) is 7.09. The first kappa shape index (κ1) is 23.3. The summed E-state index contributed by atoms with van der Waals surface area (Å²) in [6.45, 7) is 0. The molecule has 0 heterocycles. The maximum atomic E-state index is 15.0. The molecule has 31 heavy (non-hydrogen) atoms. The van der Waals surface area contributed by atoms with Gasteiger partial charge in [-0.15, -0.1) is 0 Å². The van der Waals surface area contributed by atoms with Gasteiger partial charge in [0.25, 0.3) is 0 Å². The van der Waals surface area contributed by atoms with Crippen molar-refractivity contribution in [2.24, 2.45) is 5.41 Å². The fourth-order valence-electron chi connectivity index (χ4n) is 3.75. The summed E-state index contributed by atoms with van der Waals surface area (Å²) >= 11 is 0. The standard InChI is InChI=1S/C20H13F11/c21-13-5-1-11(2-6-13)15(12-3-7-14(22)8-4-12)16(9-10-16)17(23,24)18(25,26)19(27,28)20(29,30)31/h1-8,15H,9-10H2. The molecule has 0 radical (unpaired) electrons. The molecule has 11 heteroatoms. The molecule has 0 spiro atoms. The highest BCUT2D eigenvalue weighted by atomic mass is 19.4. The Labute approximate surface area is 168 Å². The summed E-state index contributed by atoms with van der Waals surface area (Å²) in [4.78, 5) is 0. The number of benzene rings is 2. The van der Waals surface area contributed by atoms with E-state index in [1.165, 1.54) is 0 Å². The van der Waals surface area contributed by atoms with E-state index in [0.717, 1.165) is 48.5 Å². The van der Waals surface area contributed by atoms with Gasteiger partial charge in [-0.1, -0.05) is 24.3 Å². The van der Waals surface area contributed by atoms with Gasteiger partial charge in [-0.2, -0.15) is 39.5 Å². The van der Waals surface area contributed by atoms with Gasteiger partial charge < -0.3 is 0 Å². The van der Waals surface area contributed by atoms with Crippen LogP contribution >= 0.6 is 0 Å².